The van der Waals surface area contributed by atoms with Gasteiger partial charge in [0, 0.05) is 22.9 Å². The Labute approximate surface area is 159 Å². The van der Waals surface area contributed by atoms with Crippen LogP contribution in [0.3, 0.4) is 0 Å². The third-order valence-corrected chi connectivity index (χ3v) is 5.38. The fraction of sp³-hybridized carbons (Fsp3) is 0.222. The fourth-order valence-electron chi connectivity index (χ4n) is 2.52. The van der Waals surface area contributed by atoms with Gasteiger partial charge in [-0.25, -0.2) is 19.3 Å². The number of benzene rings is 1. The normalized spacial score (nSPS) is 12.0. The number of rotatable bonds is 5. The number of aromatic nitrogens is 3. The van der Waals surface area contributed by atoms with Crippen molar-refractivity contribution in [2.75, 3.05) is 6.54 Å². The Morgan fingerprint density at radius 1 is 1.31 bits per heavy atom. The molecule has 0 saturated heterocycles. The standard InChI is InChI=1S/C18H16ClFN4OS/c1-10(16-11(2)24-9-26-16)6-23-18(25)14-5-12(3-4-15(14)19)17-21-7-13(20)8-22-17/h3-5,7-10H,6H2,1-2H3,(H,23,25)/t10-/m1/s1. The molecule has 2 heterocycles. The zero-order chi connectivity index (χ0) is 18.7. The third-order valence-electron chi connectivity index (χ3n) is 3.89. The average Bonchev–Trinajstić information content (AvgIpc) is 3.06. The Kier molecular flexibility index (Phi) is 5.58. The molecular formula is C18H16ClFN4OS. The lowest BCUT2D eigenvalue weighted by Gasteiger charge is -2.13. The molecule has 134 valence electrons. The minimum Gasteiger partial charge on any atom is -0.351 e. The summed E-state index contributed by atoms with van der Waals surface area (Å²) in [5.41, 5.74) is 3.69. The number of halogens is 2. The van der Waals surface area contributed by atoms with Crippen molar-refractivity contribution < 1.29 is 9.18 Å². The lowest BCUT2D eigenvalue weighted by atomic mass is 10.1. The van der Waals surface area contributed by atoms with Gasteiger partial charge in [-0.05, 0) is 25.1 Å². The summed E-state index contributed by atoms with van der Waals surface area (Å²) in [4.78, 5) is 25.8. The van der Waals surface area contributed by atoms with Gasteiger partial charge in [0.2, 0.25) is 0 Å². The molecular weight excluding hydrogens is 375 g/mol. The monoisotopic (exact) mass is 390 g/mol. The SMILES string of the molecule is Cc1ncsc1[C@H](C)CNC(=O)c1cc(-c2ncc(F)cn2)ccc1Cl. The molecule has 1 aromatic carbocycles. The summed E-state index contributed by atoms with van der Waals surface area (Å²) in [7, 11) is 0. The van der Waals surface area contributed by atoms with Gasteiger partial charge < -0.3 is 5.32 Å². The van der Waals surface area contributed by atoms with Gasteiger partial charge in [0.15, 0.2) is 11.6 Å². The lowest BCUT2D eigenvalue weighted by molar-refractivity contribution is 0.0952. The van der Waals surface area contributed by atoms with Crippen LogP contribution < -0.4 is 5.32 Å². The average molecular weight is 391 g/mol. The van der Waals surface area contributed by atoms with Crippen LogP contribution in [-0.4, -0.2) is 27.4 Å². The molecule has 0 radical (unpaired) electrons. The van der Waals surface area contributed by atoms with Gasteiger partial charge in [0.05, 0.1) is 34.2 Å². The van der Waals surface area contributed by atoms with Crippen LogP contribution in [0.5, 0.6) is 0 Å². The second kappa shape index (κ2) is 7.88. The predicted molar refractivity (Wildman–Crippen MR) is 100 cm³/mol. The first-order valence-electron chi connectivity index (χ1n) is 7.91. The largest absolute Gasteiger partial charge is 0.351 e. The predicted octanol–water partition coefficient (Wildman–Crippen LogP) is 4.23. The highest BCUT2D eigenvalue weighted by Crippen LogP contribution is 2.25. The van der Waals surface area contributed by atoms with E-state index in [0.717, 1.165) is 23.0 Å². The fourth-order valence-corrected chi connectivity index (χ4v) is 3.58. The highest BCUT2D eigenvalue weighted by Gasteiger charge is 2.16. The number of carbonyl (C=O) groups excluding carboxylic acids is 1. The summed E-state index contributed by atoms with van der Waals surface area (Å²) in [6.07, 6.45) is 2.16. The van der Waals surface area contributed by atoms with Crippen molar-refractivity contribution in [2.45, 2.75) is 19.8 Å². The van der Waals surface area contributed by atoms with E-state index in [-0.39, 0.29) is 11.8 Å². The molecule has 8 heteroatoms. The van der Waals surface area contributed by atoms with Gasteiger partial charge in [-0.15, -0.1) is 11.3 Å². The maximum atomic E-state index is 13.0. The summed E-state index contributed by atoms with van der Waals surface area (Å²) in [5, 5.41) is 3.23. The number of aryl methyl sites for hydroxylation is 1. The number of thiazole rings is 1. The summed E-state index contributed by atoms with van der Waals surface area (Å²) in [6, 6.07) is 4.90. The molecule has 0 bridgehead atoms. The molecule has 0 fully saturated rings. The highest BCUT2D eigenvalue weighted by molar-refractivity contribution is 7.09. The minimum atomic E-state index is -0.520. The molecule has 26 heavy (non-hydrogen) atoms. The number of amides is 1. The molecule has 1 N–H and O–H groups in total. The highest BCUT2D eigenvalue weighted by atomic mass is 35.5. The molecule has 1 amide bonds. The molecule has 0 aliphatic carbocycles. The summed E-state index contributed by atoms with van der Waals surface area (Å²) < 4.78 is 13.0. The number of carbonyl (C=O) groups is 1. The maximum Gasteiger partial charge on any atom is 0.252 e. The Morgan fingerprint density at radius 3 is 2.69 bits per heavy atom. The first kappa shape index (κ1) is 18.4. The molecule has 0 unspecified atom stereocenters. The topological polar surface area (TPSA) is 67.8 Å². The Hall–Kier alpha value is -2.38. The van der Waals surface area contributed by atoms with Crippen LogP contribution in [-0.2, 0) is 0 Å². The van der Waals surface area contributed by atoms with Crippen LogP contribution in [0, 0.1) is 12.7 Å². The first-order chi connectivity index (χ1) is 12.5. The van der Waals surface area contributed by atoms with Crippen molar-refractivity contribution in [3.05, 3.63) is 63.1 Å². The van der Waals surface area contributed by atoms with Gasteiger partial charge in [0.25, 0.3) is 5.91 Å². The summed E-state index contributed by atoms with van der Waals surface area (Å²) in [5.74, 6) is -0.333. The smallest absolute Gasteiger partial charge is 0.252 e. The van der Waals surface area contributed by atoms with Crippen molar-refractivity contribution in [1.29, 1.82) is 0 Å². The molecule has 3 aromatic rings. The zero-order valence-corrected chi connectivity index (χ0v) is 15.7. The van der Waals surface area contributed by atoms with E-state index >= 15 is 0 Å². The van der Waals surface area contributed by atoms with Crippen molar-refractivity contribution >= 4 is 28.8 Å². The van der Waals surface area contributed by atoms with E-state index < -0.39 is 5.82 Å². The van der Waals surface area contributed by atoms with Gasteiger partial charge in [-0.3, -0.25) is 4.79 Å². The molecule has 0 saturated carbocycles. The van der Waals surface area contributed by atoms with Crippen molar-refractivity contribution in [1.82, 2.24) is 20.3 Å². The number of hydrogen-bond acceptors (Lipinski definition) is 5. The van der Waals surface area contributed by atoms with Crippen LogP contribution in [0.2, 0.25) is 5.02 Å². The van der Waals surface area contributed by atoms with Crippen LogP contribution in [0.1, 0.15) is 33.8 Å². The summed E-state index contributed by atoms with van der Waals surface area (Å²) >= 11 is 7.75. The van der Waals surface area contributed by atoms with Crippen LogP contribution in [0.25, 0.3) is 11.4 Å². The second-order valence-electron chi connectivity index (χ2n) is 5.83. The van der Waals surface area contributed by atoms with Crippen LogP contribution >= 0.6 is 22.9 Å². The quantitative estimate of drug-likeness (QED) is 0.707. The molecule has 0 spiro atoms. The van der Waals surface area contributed by atoms with E-state index in [0.29, 0.717) is 28.5 Å². The van der Waals surface area contributed by atoms with Gasteiger partial charge in [0.1, 0.15) is 0 Å². The lowest BCUT2D eigenvalue weighted by Crippen LogP contribution is -2.27. The van der Waals surface area contributed by atoms with Crippen LogP contribution in [0.15, 0.2) is 36.1 Å². The number of hydrogen-bond donors (Lipinski definition) is 1. The van der Waals surface area contributed by atoms with E-state index in [2.05, 4.69) is 20.3 Å². The third kappa shape index (κ3) is 4.05. The molecule has 5 nitrogen and oxygen atoms in total. The second-order valence-corrected chi connectivity index (χ2v) is 7.13. The van der Waals surface area contributed by atoms with Crippen molar-refractivity contribution in [3.8, 4) is 11.4 Å². The minimum absolute atomic E-state index is 0.147. The zero-order valence-electron chi connectivity index (χ0n) is 14.2. The Morgan fingerprint density at radius 2 is 2.04 bits per heavy atom. The molecule has 2 aromatic heterocycles. The number of nitrogens with zero attached hydrogens (tertiary/aromatic N) is 3. The number of nitrogens with one attached hydrogen (secondary N) is 1. The van der Waals surface area contributed by atoms with Crippen molar-refractivity contribution in [2.24, 2.45) is 0 Å². The van der Waals surface area contributed by atoms with Crippen LogP contribution in [0.4, 0.5) is 4.39 Å². The van der Waals surface area contributed by atoms with E-state index in [1.54, 1.807) is 35.0 Å². The van der Waals surface area contributed by atoms with Gasteiger partial charge in [-0.2, -0.15) is 0 Å². The molecule has 1 atom stereocenters. The molecule has 0 aliphatic heterocycles. The van der Waals surface area contributed by atoms with Gasteiger partial charge >= 0.3 is 0 Å². The van der Waals surface area contributed by atoms with E-state index in [9.17, 15) is 9.18 Å². The Bertz CT molecular complexity index is 929. The van der Waals surface area contributed by atoms with E-state index in [1.165, 1.54) is 0 Å². The molecule has 0 aliphatic rings. The first-order valence-corrected chi connectivity index (χ1v) is 9.17. The van der Waals surface area contributed by atoms with E-state index in [1.807, 2.05) is 13.8 Å². The Balaban J connectivity index is 1.75. The summed E-state index contributed by atoms with van der Waals surface area (Å²) in [6.45, 7) is 4.45. The van der Waals surface area contributed by atoms with E-state index in [4.69, 9.17) is 11.6 Å². The van der Waals surface area contributed by atoms with Gasteiger partial charge in [-0.1, -0.05) is 18.5 Å². The molecule has 3 rings (SSSR count). The van der Waals surface area contributed by atoms with Crippen molar-refractivity contribution in [3.63, 3.8) is 0 Å². The maximum absolute atomic E-state index is 13.0.